The van der Waals surface area contributed by atoms with Gasteiger partial charge in [0, 0.05) is 11.1 Å². The molecule has 0 saturated heterocycles. The SMILES string of the molecule is C/C(=C\C#Cc1ccccc1)C(O)C(=O)c1ccccc1. The topological polar surface area (TPSA) is 37.3 Å². The van der Waals surface area contributed by atoms with Gasteiger partial charge < -0.3 is 5.11 Å². The lowest BCUT2D eigenvalue weighted by atomic mass is 10.0. The lowest BCUT2D eigenvalue weighted by Crippen LogP contribution is -2.21. The summed E-state index contributed by atoms with van der Waals surface area (Å²) in [7, 11) is 0. The number of hydrogen-bond donors (Lipinski definition) is 1. The highest BCUT2D eigenvalue weighted by atomic mass is 16.3. The van der Waals surface area contributed by atoms with E-state index in [0.717, 1.165) is 5.56 Å². The third-order valence-electron chi connectivity index (χ3n) is 3.03. The number of ketones is 1. The Balaban J connectivity index is 2.09. The molecule has 0 heterocycles. The van der Waals surface area contributed by atoms with Crippen LogP contribution in [0.2, 0.25) is 0 Å². The van der Waals surface area contributed by atoms with Gasteiger partial charge >= 0.3 is 0 Å². The molecule has 104 valence electrons. The summed E-state index contributed by atoms with van der Waals surface area (Å²) in [6.45, 7) is 1.70. The van der Waals surface area contributed by atoms with Crippen LogP contribution in [0.3, 0.4) is 0 Å². The van der Waals surface area contributed by atoms with E-state index in [2.05, 4.69) is 11.8 Å². The van der Waals surface area contributed by atoms with Crippen LogP contribution in [0.15, 0.2) is 72.3 Å². The Morgan fingerprint density at radius 3 is 2.24 bits per heavy atom. The number of carbonyl (C=O) groups is 1. The molecule has 1 N–H and O–H groups in total. The summed E-state index contributed by atoms with van der Waals surface area (Å²) in [6, 6.07) is 18.3. The van der Waals surface area contributed by atoms with Crippen molar-refractivity contribution in [3.8, 4) is 11.8 Å². The van der Waals surface area contributed by atoms with E-state index in [4.69, 9.17) is 0 Å². The average molecular weight is 276 g/mol. The van der Waals surface area contributed by atoms with Crippen molar-refractivity contribution in [3.63, 3.8) is 0 Å². The Morgan fingerprint density at radius 1 is 1.05 bits per heavy atom. The number of allylic oxidation sites excluding steroid dienone is 1. The van der Waals surface area contributed by atoms with Gasteiger partial charge in [-0.25, -0.2) is 0 Å². The fourth-order valence-corrected chi connectivity index (χ4v) is 1.80. The molecule has 2 heteroatoms. The Labute approximate surface area is 124 Å². The molecule has 0 aromatic heterocycles. The average Bonchev–Trinajstić information content (AvgIpc) is 2.55. The summed E-state index contributed by atoms with van der Waals surface area (Å²) in [6.07, 6.45) is 0.427. The molecule has 1 atom stereocenters. The minimum atomic E-state index is -1.16. The van der Waals surface area contributed by atoms with Crippen LogP contribution in [0.25, 0.3) is 0 Å². The predicted molar refractivity (Wildman–Crippen MR) is 83.9 cm³/mol. The second-order valence-electron chi connectivity index (χ2n) is 4.66. The van der Waals surface area contributed by atoms with Gasteiger partial charge in [-0.2, -0.15) is 0 Å². The van der Waals surface area contributed by atoms with Gasteiger partial charge in [0.15, 0.2) is 5.78 Å². The highest BCUT2D eigenvalue weighted by molar-refractivity contribution is 6.01. The highest BCUT2D eigenvalue weighted by Crippen LogP contribution is 2.09. The molecule has 0 fully saturated rings. The van der Waals surface area contributed by atoms with E-state index in [1.807, 2.05) is 36.4 Å². The number of hydrogen-bond acceptors (Lipinski definition) is 2. The van der Waals surface area contributed by atoms with Crippen molar-refractivity contribution >= 4 is 5.78 Å². The first-order valence-electron chi connectivity index (χ1n) is 6.69. The number of rotatable bonds is 3. The van der Waals surface area contributed by atoms with E-state index in [0.29, 0.717) is 11.1 Å². The third kappa shape index (κ3) is 4.17. The van der Waals surface area contributed by atoms with E-state index in [1.54, 1.807) is 37.3 Å². The Hall–Kier alpha value is -2.63. The molecule has 0 radical (unpaired) electrons. The molecule has 2 aromatic carbocycles. The van der Waals surface area contributed by atoms with Crippen LogP contribution < -0.4 is 0 Å². The monoisotopic (exact) mass is 276 g/mol. The quantitative estimate of drug-likeness (QED) is 0.690. The Kier molecular flexibility index (Phi) is 5.09. The normalized spacial score (nSPS) is 12.2. The van der Waals surface area contributed by atoms with E-state index < -0.39 is 6.10 Å². The van der Waals surface area contributed by atoms with Gasteiger partial charge in [0.05, 0.1) is 0 Å². The van der Waals surface area contributed by atoms with Gasteiger partial charge in [0.2, 0.25) is 0 Å². The van der Waals surface area contributed by atoms with Gasteiger partial charge in [-0.3, -0.25) is 4.79 Å². The van der Waals surface area contributed by atoms with Crippen molar-refractivity contribution in [1.82, 2.24) is 0 Å². The first-order chi connectivity index (χ1) is 10.2. The van der Waals surface area contributed by atoms with Crippen molar-refractivity contribution < 1.29 is 9.90 Å². The first-order valence-corrected chi connectivity index (χ1v) is 6.69. The van der Waals surface area contributed by atoms with Gasteiger partial charge in [0.25, 0.3) is 0 Å². The smallest absolute Gasteiger partial charge is 0.195 e. The minimum Gasteiger partial charge on any atom is -0.380 e. The van der Waals surface area contributed by atoms with Crippen LogP contribution in [-0.2, 0) is 0 Å². The molecule has 0 aliphatic heterocycles. The number of benzene rings is 2. The molecule has 2 aromatic rings. The summed E-state index contributed by atoms with van der Waals surface area (Å²) >= 11 is 0. The van der Waals surface area contributed by atoms with Crippen LogP contribution in [0, 0.1) is 11.8 Å². The van der Waals surface area contributed by atoms with Crippen molar-refractivity contribution in [2.75, 3.05) is 0 Å². The third-order valence-corrected chi connectivity index (χ3v) is 3.03. The molecule has 0 aliphatic rings. The molecule has 0 saturated carbocycles. The van der Waals surface area contributed by atoms with Crippen molar-refractivity contribution in [2.45, 2.75) is 13.0 Å². The van der Waals surface area contributed by atoms with Crippen molar-refractivity contribution in [3.05, 3.63) is 83.4 Å². The predicted octanol–water partition coefficient (Wildman–Crippen LogP) is 3.23. The van der Waals surface area contributed by atoms with Crippen LogP contribution in [-0.4, -0.2) is 17.0 Å². The standard InChI is InChI=1S/C19H16O2/c1-15(9-8-12-16-10-4-2-5-11-16)18(20)19(21)17-13-6-3-7-14-17/h2-7,9-11,13-14,18,20H,1H3/b15-9+. The number of aliphatic hydroxyl groups excluding tert-OH is 1. The van der Waals surface area contributed by atoms with Gasteiger partial charge in [0.1, 0.15) is 6.10 Å². The van der Waals surface area contributed by atoms with E-state index in [1.165, 1.54) is 0 Å². The fourth-order valence-electron chi connectivity index (χ4n) is 1.80. The van der Waals surface area contributed by atoms with Crippen molar-refractivity contribution in [1.29, 1.82) is 0 Å². The zero-order valence-electron chi connectivity index (χ0n) is 11.8. The molecule has 0 aliphatic carbocycles. The lowest BCUT2D eigenvalue weighted by molar-refractivity contribution is 0.0805. The zero-order valence-corrected chi connectivity index (χ0v) is 11.8. The second kappa shape index (κ2) is 7.23. The summed E-state index contributed by atoms with van der Waals surface area (Å²) in [5.74, 6) is 5.51. The van der Waals surface area contributed by atoms with Crippen molar-refractivity contribution in [2.24, 2.45) is 0 Å². The maximum Gasteiger partial charge on any atom is 0.195 e. The molecule has 1 unspecified atom stereocenters. The zero-order chi connectivity index (χ0) is 15.1. The maximum absolute atomic E-state index is 12.1. The lowest BCUT2D eigenvalue weighted by Gasteiger charge is -2.09. The van der Waals surface area contributed by atoms with E-state index in [-0.39, 0.29) is 5.78 Å². The van der Waals surface area contributed by atoms with Gasteiger partial charge in [-0.05, 0) is 30.7 Å². The summed E-state index contributed by atoms with van der Waals surface area (Å²) in [5.41, 5.74) is 1.92. The molecular weight excluding hydrogens is 260 g/mol. The number of carbonyl (C=O) groups excluding carboxylic acids is 1. The number of aliphatic hydroxyl groups is 1. The second-order valence-corrected chi connectivity index (χ2v) is 4.66. The largest absolute Gasteiger partial charge is 0.380 e. The summed E-state index contributed by atoms with van der Waals surface area (Å²) in [4.78, 5) is 12.1. The van der Waals surface area contributed by atoms with E-state index in [9.17, 15) is 9.90 Å². The van der Waals surface area contributed by atoms with Gasteiger partial charge in [-0.15, -0.1) is 0 Å². The first kappa shape index (κ1) is 14.8. The molecule has 2 rings (SSSR count). The maximum atomic E-state index is 12.1. The summed E-state index contributed by atoms with van der Waals surface area (Å²) in [5, 5.41) is 10.1. The van der Waals surface area contributed by atoms with Crippen LogP contribution in [0.5, 0.6) is 0 Å². The number of Topliss-reactive ketones (excluding diaryl/α,β-unsaturated/α-hetero) is 1. The molecule has 2 nitrogen and oxygen atoms in total. The Morgan fingerprint density at radius 2 is 1.62 bits per heavy atom. The molecule has 21 heavy (non-hydrogen) atoms. The molecule has 0 spiro atoms. The molecule has 0 bridgehead atoms. The Bertz CT molecular complexity index is 689. The van der Waals surface area contributed by atoms with Crippen LogP contribution in [0.1, 0.15) is 22.8 Å². The van der Waals surface area contributed by atoms with Crippen LogP contribution >= 0.6 is 0 Å². The fraction of sp³-hybridized carbons (Fsp3) is 0.105. The van der Waals surface area contributed by atoms with E-state index >= 15 is 0 Å². The highest BCUT2D eigenvalue weighted by Gasteiger charge is 2.17. The summed E-state index contributed by atoms with van der Waals surface area (Å²) < 4.78 is 0. The minimum absolute atomic E-state index is 0.314. The molecule has 0 amide bonds. The molecular formula is C19H16O2. The van der Waals surface area contributed by atoms with Crippen LogP contribution in [0.4, 0.5) is 0 Å². The van der Waals surface area contributed by atoms with Gasteiger partial charge in [-0.1, -0.05) is 60.4 Å².